The smallest absolute Gasteiger partial charge is 0.262 e. The second-order valence-corrected chi connectivity index (χ2v) is 8.07. The zero-order valence-electron chi connectivity index (χ0n) is 18.6. The minimum Gasteiger partial charge on any atom is -0.490 e. The maximum absolute atomic E-state index is 13.1. The lowest BCUT2D eigenvalue weighted by molar-refractivity contribution is -0.118. The molecule has 0 heterocycles. The first-order valence-electron chi connectivity index (χ1n) is 11.1. The Kier molecular flexibility index (Phi) is 8.27. The van der Waals surface area contributed by atoms with E-state index in [0.717, 1.165) is 24.8 Å². The van der Waals surface area contributed by atoms with Crippen LogP contribution in [0.1, 0.15) is 50.7 Å². The number of ether oxygens (including phenoxy) is 2. The van der Waals surface area contributed by atoms with E-state index in [-0.39, 0.29) is 29.9 Å². The lowest BCUT2D eigenvalue weighted by Gasteiger charge is -2.29. The van der Waals surface area contributed by atoms with E-state index < -0.39 is 0 Å². The molecule has 2 aromatic rings. The van der Waals surface area contributed by atoms with Gasteiger partial charge in [0.15, 0.2) is 11.5 Å². The summed E-state index contributed by atoms with van der Waals surface area (Å²) in [5.74, 6) is 0.819. The average molecular weight is 437 g/mol. The van der Waals surface area contributed by atoms with Crippen molar-refractivity contribution >= 4 is 12.0 Å². The fraction of sp³-hybridized carbons (Fsp3) is 0.385. The largest absolute Gasteiger partial charge is 0.490 e. The van der Waals surface area contributed by atoms with Gasteiger partial charge in [-0.1, -0.05) is 38.0 Å². The highest BCUT2D eigenvalue weighted by Gasteiger charge is 2.24. The Morgan fingerprint density at radius 1 is 1.16 bits per heavy atom. The summed E-state index contributed by atoms with van der Waals surface area (Å²) in [5, 5.41) is 12.6. The Balaban J connectivity index is 1.73. The van der Waals surface area contributed by atoms with Crippen LogP contribution in [0, 0.1) is 23.1 Å². The Hall–Kier alpha value is -3.33. The molecule has 0 bridgehead atoms. The quantitative estimate of drug-likeness (QED) is 0.444. The summed E-state index contributed by atoms with van der Waals surface area (Å²) >= 11 is 0. The molecule has 1 fully saturated rings. The van der Waals surface area contributed by atoms with Crippen LogP contribution in [0.3, 0.4) is 0 Å². The summed E-state index contributed by atoms with van der Waals surface area (Å²) < 4.78 is 24.6. The minimum atomic E-state index is -0.346. The van der Waals surface area contributed by atoms with Crippen LogP contribution in [-0.2, 0) is 11.4 Å². The molecule has 2 atom stereocenters. The highest BCUT2D eigenvalue weighted by molar-refractivity contribution is 6.01. The number of nitriles is 1. The molecule has 0 aromatic heterocycles. The third-order valence-corrected chi connectivity index (χ3v) is 5.68. The second kappa shape index (κ2) is 11.3. The van der Waals surface area contributed by atoms with Gasteiger partial charge in [-0.3, -0.25) is 4.79 Å². The summed E-state index contributed by atoms with van der Waals surface area (Å²) in [4.78, 5) is 12.7. The number of rotatable bonds is 8. The van der Waals surface area contributed by atoms with Crippen molar-refractivity contribution in [3.8, 4) is 17.6 Å². The van der Waals surface area contributed by atoms with Crippen LogP contribution < -0.4 is 14.8 Å². The normalized spacial score (nSPS) is 18.5. The van der Waals surface area contributed by atoms with Gasteiger partial charge < -0.3 is 14.8 Å². The first-order chi connectivity index (χ1) is 15.5. The van der Waals surface area contributed by atoms with E-state index in [2.05, 4.69) is 12.2 Å². The Bertz CT molecular complexity index is 995. The second-order valence-electron chi connectivity index (χ2n) is 8.07. The van der Waals surface area contributed by atoms with Gasteiger partial charge in [0.05, 0.1) is 6.61 Å². The minimum absolute atomic E-state index is 0.0604. The zero-order chi connectivity index (χ0) is 22.9. The van der Waals surface area contributed by atoms with E-state index in [4.69, 9.17) is 9.47 Å². The summed E-state index contributed by atoms with van der Waals surface area (Å²) in [6.45, 7) is 4.71. The highest BCUT2D eigenvalue weighted by Crippen LogP contribution is 2.30. The first kappa shape index (κ1) is 23.3. The maximum atomic E-state index is 13.1. The molecule has 0 radical (unpaired) electrons. The van der Waals surface area contributed by atoms with Crippen molar-refractivity contribution in [3.63, 3.8) is 0 Å². The van der Waals surface area contributed by atoms with Gasteiger partial charge >= 0.3 is 0 Å². The number of benzene rings is 2. The van der Waals surface area contributed by atoms with Crippen molar-refractivity contribution in [1.82, 2.24) is 5.32 Å². The van der Waals surface area contributed by atoms with Crippen molar-refractivity contribution in [1.29, 1.82) is 5.26 Å². The number of amides is 1. The molecular weight excluding hydrogens is 407 g/mol. The molecule has 0 saturated heterocycles. The Morgan fingerprint density at radius 2 is 1.91 bits per heavy atom. The van der Waals surface area contributed by atoms with E-state index in [1.165, 1.54) is 18.6 Å². The Morgan fingerprint density at radius 3 is 2.59 bits per heavy atom. The van der Waals surface area contributed by atoms with Gasteiger partial charge in [0.2, 0.25) is 0 Å². The lowest BCUT2D eigenvalue weighted by atomic mass is 9.86. The van der Waals surface area contributed by atoms with Crippen molar-refractivity contribution in [2.24, 2.45) is 5.92 Å². The molecule has 1 N–H and O–H groups in total. The molecule has 168 valence electrons. The number of hydrogen-bond donors (Lipinski definition) is 1. The topological polar surface area (TPSA) is 71.3 Å². The molecule has 1 saturated carbocycles. The van der Waals surface area contributed by atoms with Gasteiger partial charge in [-0.25, -0.2) is 4.39 Å². The van der Waals surface area contributed by atoms with Gasteiger partial charge in [-0.15, -0.1) is 0 Å². The van der Waals surface area contributed by atoms with E-state index in [0.29, 0.717) is 29.6 Å². The van der Waals surface area contributed by atoms with E-state index in [1.807, 2.05) is 13.0 Å². The highest BCUT2D eigenvalue weighted by atomic mass is 19.1. The number of carbonyl (C=O) groups excluding carboxylic acids is 1. The molecule has 32 heavy (non-hydrogen) atoms. The van der Waals surface area contributed by atoms with Crippen molar-refractivity contribution in [2.45, 2.75) is 52.2 Å². The van der Waals surface area contributed by atoms with Gasteiger partial charge in [0.1, 0.15) is 24.1 Å². The third kappa shape index (κ3) is 6.34. The van der Waals surface area contributed by atoms with Gasteiger partial charge in [-0.2, -0.15) is 5.26 Å². The van der Waals surface area contributed by atoms with E-state index in [9.17, 15) is 14.4 Å². The Labute approximate surface area is 188 Å². The molecule has 0 spiro atoms. The predicted octanol–water partition coefficient (Wildman–Crippen LogP) is 5.41. The molecular formula is C26H29FN2O3. The third-order valence-electron chi connectivity index (χ3n) is 5.68. The summed E-state index contributed by atoms with van der Waals surface area (Å²) in [7, 11) is 0. The van der Waals surface area contributed by atoms with Crippen molar-refractivity contribution in [2.75, 3.05) is 6.61 Å². The molecule has 1 aliphatic rings. The van der Waals surface area contributed by atoms with Crippen molar-refractivity contribution < 1.29 is 18.7 Å². The van der Waals surface area contributed by atoms with E-state index in [1.54, 1.807) is 36.4 Å². The number of nitrogens with zero attached hydrogens (tertiary/aromatic N) is 1. The monoisotopic (exact) mass is 436 g/mol. The SMILES string of the molecule is CCOc1cc(/C=C(\C#N)C(=O)N[C@@H]2CCCC[C@@H]2C)ccc1OCc1ccc(F)cc1. The first-order valence-corrected chi connectivity index (χ1v) is 11.1. The molecule has 3 rings (SSSR count). The molecule has 2 aromatic carbocycles. The van der Waals surface area contributed by atoms with Crippen LogP contribution in [0.25, 0.3) is 6.08 Å². The standard InChI is InChI=1S/C26H29FN2O3/c1-3-31-25-15-20(10-13-24(25)32-17-19-8-11-22(27)12-9-19)14-21(16-28)26(30)29-23-7-5-4-6-18(23)2/h8-15,18,23H,3-7,17H2,1-2H3,(H,29,30)/b21-14+/t18-,23+/m0/s1. The number of carbonyl (C=O) groups is 1. The van der Waals surface area contributed by atoms with Gasteiger partial charge in [-0.05, 0) is 67.2 Å². The maximum Gasteiger partial charge on any atom is 0.262 e. The molecule has 0 unspecified atom stereocenters. The molecule has 6 heteroatoms. The van der Waals surface area contributed by atoms with Crippen LogP contribution in [0.2, 0.25) is 0 Å². The van der Waals surface area contributed by atoms with Crippen LogP contribution in [0.4, 0.5) is 4.39 Å². The molecule has 1 aliphatic carbocycles. The average Bonchev–Trinajstić information content (AvgIpc) is 2.79. The van der Waals surface area contributed by atoms with Crippen LogP contribution in [0.5, 0.6) is 11.5 Å². The van der Waals surface area contributed by atoms with Crippen LogP contribution in [0.15, 0.2) is 48.0 Å². The molecule has 5 nitrogen and oxygen atoms in total. The molecule has 0 aliphatic heterocycles. The lowest BCUT2D eigenvalue weighted by Crippen LogP contribution is -2.41. The van der Waals surface area contributed by atoms with Crippen LogP contribution >= 0.6 is 0 Å². The zero-order valence-corrected chi connectivity index (χ0v) is 18.6. The van der Waals surface area contributed by atoms with Crippen LogP contribution in [-0.4, -0.2) is 18.6 Å². The van der Waals surface area contributed by atoms with Gasteiger partial charge in [0, 0.05) is 6.04 Å². The summed E-state index contributed by atoms with van der Waals surface area (Å²) in [5.41, 5.74) is 1.56. The van der Waals surface area contributed by atoms with E-state index >= 15 is 0 Å². The number of nitrogens with one attached hydrogen (secondary N) is 1. The fourth-order valence-corrected chi connectivity index (χ4v) is 3.84. The number of halogens is 1. The fourth-order valence-electron chi connectivity index (χ4n) is 3.84. The van der Waals surface area contributed by atoms with Crippen molar-refractivity contribution in [3.05, 3.63) is 65.0 Å². The number of hydrogen-bond acceptors (Lipinski definition) is 4. The summed E-state index contributed by atoms with van der Waals surface area (Å²) in [6.07, 6.45) is 5.88. The molecule has 1 amide bonds. The summed E-state index contributed by atoms with van der Waals surface area (Å²) in [6, 6.07) is 13.5. The van der Waals surface area contributed by atoms with Gasteiger partial charge in [0.25, 0.3) is 5.91 Å². The predicted molar refractivity (Wildman–Crippen MR) is 121 cm³/mol.